The van der Waals surface area contributed by atoms with Crippen molar-refractivity contribution < 1.29 is 14.3 Å². The van der Waals surface area contributed by atoms with E-state index in [0.717, 1.165) is 22.0 Å². The topological polar surface area (TPSA) is 96.1 Å². The maximum Gasteiger partial charge on any atom is 0.269 e. The van der Waals surface area contributed by atoms with Gasteiger partial charge in [0.1, 0.15) is 17.2 Å². The lowest BCUT2D eigenvalue weighted by molar-refractivity contribution is -0.111. The number of hydrogen-bond donors (Lipinski definition) is 3. The average Bonchev–Trinajstić information content (AvgIpc) is 3.20. The quantitative estimate of drug-likeness (QED) is 0.390. The minimum atomic E-state index is -0.288. The van der Waals surface area contributed by atoms with E-state index in [-0.39, 0.29) is 17.5 Å². The number of aromatic nitrogens is 2. The highest BCUT2D eigenvalue weighted by molar-refractivity contribution is 6.03. The molecule has 0 saturated carbocycles. The van der Waals surface area contributed by atoms with Gasteiger partial charge < -0.3 is 20.4 Å². The average molecular weight is 426 g/mol. The molecule has 4 aromatic rings. The number of nitrogens with one attached hydrogen (secondary N) is 3. The number of aryl methyl sites for hydroxylation is 1. The van der Waals surface area contributed by atoms with Gasteiger partial charge in [-0.2, -0.15) is 0 Å². The number of rotatable bonds is 6. The van der Waals surface area contributed by atoms with Gasteiger partial charge in [-0.25, -0.2) is 0 Å². The van der Waals surface area contributed by atoms with Gasteiger partial charge in [-0.15, -0.1) is 0 Å². The third-order valence-corrected chi connectivity index (χ3v) is 4.83. The molecule has 0 saturated heterocycles. The zero-order chi connectivity index (χ0) is 22.5. The van der Waals surface area contributed by atoms with Crippen LogP contribution in [0, 0.1) is 6.92 Å². The second kappa shape index (κ2) is 9.18. The summed E-state index contributed by atoms with van der Waals surface area (Å²) >= 11 is 0. The first-order chi connectivity index (χ1) is 15.5. The Morgan fingerprint density at radius 2 is 1.84 bits per heavy atom. The Morgan fingerprint density at radius 3 is 2.62 bits per heavy atom. The first-order valence-corrected chi connectivity index (χ1v) is 10.0. The monoisotopic (exact) mass is 426 g/mol. The van der Waals surface area contributed by atoms with Crippen molar-refractivity contribution in [3.05, 3.63) is 89.9 Å². The predicted octanol–water partition coefficient (Wildman–Crippen LogP) is 4.68. The van der Waals surface area contributed by atoms with Crippen molar-refractivity contribution in [2.75, 3.05) is 12.4 Å². The van der Waals surface area contributed by atoms with Crippen LogP contribution in [-0.2, 0) is 4.79 Å². The lowest BCUT2D eigenvalue weighted by atomic mass is 10.1. The number of aromatic amines is 1. The Bertz CT molecular complexity index is 1310. The van der Waals surface area contributed by atoms with Crippen molar-refractivity contribution in [1.29, 1.82) is 0 Å². The molecule has 0 radical (unpaired) electrons. The van der Waals surface area contributed by atoms with Gasteiger partial charge in [-0.3, -0.25) is 14.6 Å². The molecule has 7 nitrogen and oxygen atoms in total. The van der Waals surface area contributed by atoms with Gasteiger partial charge in [-0.05, 0) is 61.0 Å². The second-order valence-corrected chi connectivity index (χ2v) is 7.20. The Hall–Kier alpha value is -4.39. The summed E-state index contributed by atoms with van der Waals surface area (Å²) in [6.45, 7) is 2.04. The minimum absolute atomic E-state index is 0.231. The number of benzene rings is 2. The number of carbonyl (C=O) groups excluding carboxylic acids is 2. The first-order valence-electron chi connectivity index (χ1n) is 10.0. The van der Waals surface area contributed by atoms with Gasteiger partial charge in [0.05, 0.1) is 0 Å². The minimum Gasteiger partial charge on any atom is -0.457 e. The zero-order valence-corrected chi connectivity index (χ0v) is 17.7. The van der Waals surface area contributed by atoms with Gasteiger partial charge in [0.15, 0.2) is 0 Å². The van der Waals surface area contributed by atoms with E-state index in [4.69, 9.17) is 4.74 Å². The van der Waals surface area contributed by atoms with Crippen molar-refractivity contribution >= 4 is 34.5 Å². The van der Waals surface area contributed by atoms with Crippen LogP contribution in [0.4, 0.5) is 5.69 Å². The maximum absolute atomic E-state index is 12.3. The molecule has 7 heteroatoms. The van der Waals surface area contributed by atoms with Crippen LogP contribution in [0.2, 0.25) is 0 Å². The van der Waals surface area contributed by atoms with Crippen LogP contribution in [0.25, 0.3) is 17.0 Å². The SMILES string of the molecule is CNC(=O)c1cc(Oc2ccc(NC(=O)/C=C/c3c[nH]c4ccc(C)cc34)cc2)ccn1. The standard InChI is InChI=1S/C25H22N4O3/c1-16-3-9-22-21(13-16)17(15-28-22)4-10-24(30)29-18-5-7-19(8-6-18)32-20-11-12-27-23(14-20)25(31)26-2/h3-15,28H,1-2H3,(H,26,31)(H,29,30)/b10-4+. The number of fused-ring (bicyclic) bond motifs is 1. The first kappa shape index (κ1) is 20.9. The largest absolute Gasteiger partial charge is 0.457 e. The van der Waals surface area contributed by atoms with Crippen molar-refractivity contribution in [3.63, 3.8) is 0 Å². The van der Waals surface area contributed by atoms with Crippen LogP contribution in [0.5, 0.6) is 11.5 Å². The van der Waals surface area contributed by atoms with Gasteiger partial charge in [0.2, 0.25) is 5.91 Å². The Morgan fingerprint density at radius 1 is 1.03 bits per heavy atom. The highest BCUT2D eigenvalue weighted by atomic mass is 16.5. The molecule has 2 heterocycles. The summed E-state index contributed by atoms with van der Waals surface area (Å²) in [6, 6.07) is 16.4. The molecule has 32 heavy (non-hydrogen) atoms. The zero-order valence-electron chi connectivity index (χ0n) is 17.7. The van der Waals surface area contributed by atoms with Crippen LogP contribution in [0.15, 0.2) is 73.1 Å². The predicted molar refractivity (Wildman–Crippen MR) is 125 cm³/mol. The molecule has 0 atom stereocenters. The summed E-state index contributed by atoms with van der Waals surface area (Å²) in [5.41, 5.74) is 4.06. The van der Waals surface area contributed by atoms with Gasteiger partial charge >= 0.3 is 0 Å². The molecule has 2 aromatic heterocycles. The summed E-state index contributed by atoms with van der Waals surface area (Å²) in [5.74, 6) is 0.545. The fourth-order valence-electron chi connectivity index (χ4n) is 3.21. The fourth-order valence-corrected chi connectivity index (χ4v) is 3.21. The third kappa shape index (κ3) is 4.84. The molecule has 4 rings (SSSR count). The number of ether oxygens (including phenoxy) is 1. The van der Waals surface area contributed by atoms with E-state index in [2.05, 4.69) is 26.7 Å². The molecule has 160 valence electrons. The van der Waals surface area contributed by atoms with Gasteiger partial charge in [-0.1, -0.05) is 11.6 Å². The third-order valence-electron chi connectivity index (χ3n) is 4.83. The molecule has 0 unspecified atom stereocenters. The second-order valence-electron chi connectivity index (χ2n) is 7.20. The molecule has 2 amide bonds. The molecule has 0 aliphatic rings. The molecule has 3 N–H and O–H groups in total. The lowest BCUT2D eigenvalue weighted by Gasteiger charge is -2.08. The molecule has 0 spiro atoms. The van der Waals surface area contributed by atoms with Crippen LogP contribution >= 0.6 is 0 Å². The summed E-state index contributed by atoms with van der Waals surface area (Å²) in [7, 11) is 1.54. The maximum atomic E-state index is 12.3. The number of H-pyrrole nitrogens is 1. The van der Waals surface area contributed by atoms with Crippen LogP contribution in [-0.4, -0.2) is 28.8 Å². The Labute approximate surface area is 185 Å². The van der Waals surface area contributed by atoms with E-state index in [1.807, 2.05) is 25.3 Å². The van der Waals surface area contributed by atoms with Crippen molar-refractivity contribution in [2.45, 2.75) is 6.92 Å². The molecule has 2 aromatic carbocycles. The Balaban J connectivity index is 1.39. The van der Waals surface area contributed by atoms with Crippen molar-refractivity contribution in [2.24, 2.45) is 0 Å². The molecule has 0 aliphatic heterocycles. The smallest absolute Gasteiger partial charge is 0.269 e. The fraction of sp³-hybridized carbons (Fsp3) is 0.0800. The normalized spacial score (nSPS) is 10.9. The van der Waals surface area contributed by atoms with E-state index in [0.29, 0.717) is 17.2 Å². The molecule has 0 bridgehead atoms. The highest BCUT2D eigenvalue weighted by Crippen LogP contribution is 2.24. The van der Waals surface area contributed by atoms with E-state index < -0.39 is 0 Å². The molecular formula is C25H22N4O3. The number of amides is 2. The van der Waals surface area contributed by atoms with Crippen LogP contribution in [0.3, 0.4) is 0 Å². The molecular weight excluding hydrogens is 404 g/mol. The number of hydrogen-bond acceptors (Lipinski definition) is 4. The summed E-state index contributed by atoms with van der Waals surface area (Å²) in [4.78, 5) is 31.2. The van der Waals surface area contributed by atoms with E-state index in [1.165, 1.54) is 12.3 Å². The number of carbonyl (C=O) groups is 2. The number of anilines is 1. The lowest BCUT2D eigenvalue weighted by Crippen LogP contribution is -2.18. The summed E-state index contributed by atoms with van der Waals surface area (Å²) in [6.07, 6.45) is 6.69. The number of pyridine rings is 1. The van der Waals surface area contributed by atoms with E-state index in [1.54, 1.807) is 49.5 Å². The van der Waals surface area contributed by atoms with E-state index in [9.17, 15) is 9.59 Å². The highest BCUT2D eigenvalue weighted by Gasteiger charge is 2.07. The van der Waals surface area contributed by atoms with Crippen LogP contribution in [0.1, 0.15) is 21.6 Å². The molecule has 0 aliphatic carbocycles. The summed E-state index contributed by atoms with van der Waals surface area (Å²) in [5, 5.41) is 6.43. The Kier molecular flexibility index (Phi) is 5.98. The van der Waals surface area contributed by atoms with Gasteiger partial charge in [0, 0.05) is 48.2 Å². The van der Waals surface area contributed by atoms with Gasteiger partial charge in [0.25, 0.3) is 5.91 Å². The van der Waals surface area contributed by atoms with E-state index >= 15 is 0 Å². The number of nitrogens with zero attached hydrogens (tertiary/aromatic N) is 1. The van der Waals surface area contributed by atoms with Crippen molar-refractivity contribution in [3.8, 4) is 11.5 Å². The van der Waals surface area contributed by atoms with Crippen molar-refractivity contribution in [1.82, 2.24) is 15.3 Å². The summed E-state index contributed by atoms with van der Waals surface area (Å²) < 4.78 is 5.77. The van der Waals surface area contributed by atoms with Crippen LogP contribution < -0.4 is 15.4 Å². The molecule has 0 fully saturated rings.